The molecule has 4 N–H and O–H groups in total. The Kier molecular flexibility index (Phi) is 6.13. The second-order valence-corrected chi connectivity index (χ2v) is 7.47. The first-order valence-corrected chi connectivity index (χ1v) is 9.94. The number of hydrazine groups is 1. The highest BCUT2D eigenvalue weighted by atomic mass is 35.5. The highest BCUT2D eigenvalue weighted by molar-refractivity contribution is 6.30. The number of anilines is 1. The van der Waals surface area contributed by atoms with Gasteiger partial charge in [-0.25, -0.2) is 10.9 Å². The molecule has 2 unspecified atom stereocenters. The van der Waals surface area contributed by atoms with E-state index in [9.17, 15) is 9.59 Å². The molecule has 1 aromatic heterocycles. The van der Waals surface area contributed by atoms with Crippen molar-refractivity contribution in [1.29, 1.82) is 0 Å². The third kappa shape index (κ3) is 4.88. The zero-order chi connectivity index (χ0) is 20.9. The van der Waals surface area contributed by atoms with Gasteiger partial charge >= 0.3 is 0 Å². The van der Waals surface area contributed by atoms with E-state index in [2.05, 4.69) is 21.5 Å². The summed E-state index contributed by atoms with van der Waals surface area (Å²) in [5.41, 5.74) is 8.81. The van der Waals surface area contributed by atoms with Crippen LogP contribution in [0, 0.1) is 0 Å². The minimum atomic E-state index is -0.333. The monoisotopic (exact) mass is 424 g/mol. The lowest BCUT2D eigenvalue weighted by Crippen LogP contribution is -2.42. The molecule has 0 spiro atoms. The van der Waals surface area contributed by atoms with Crippen LogP contribution in [0.5, 0.6) is 0 Å². The topological polar surface area (TPSA) is 95.4 Å². The lowest BCUT2D eigenvalue weighted by Gasteiger charge is -2.11. The fraction of sp³-hybridized carbons (Fsp3) is 0.182. The summed E-state index contributed by atoms with van der Waals surface area (Å²) in [5.74, 6) is -0.141. The van der Waals surface area contributed by atoms with Crippen molar-refractivity contribution in [2.45, 2.75) is 25.0 Å². The van der Waals surface area contributed by atoms with E-state index in [1.807, 2.05) is 36.4 Å². The minimum absolute atomic E-state index is 0.0245. The van der Waals surface area contributed by atoms with E-state index >= 15 is 0 Å². The Bertz CT molecular complexity index is 1020. The van der Waals surface area contributed by atoms with E-state index in [0.29, 0.717) is 23.7 Å². The fourth-order valence-corrected chi connectivity index (χ4v) is 3.49. The van der Waals surface area contributed by atoms with E-state index in [4.69, 9.17) is 16.0 Å². The Hall–Kier alpha value is -3.13. The van der Waals surface area contributed by atoms with Crippen molar-refractivity contribution in [3.63, 3.8) is 0 Å². The number of amides is 2. The first-order valence-electron chi connectivity index (χ1n) is 9.56. The van der Waals surface area contributed by atoms with Crippen LogP contribution in [0.25, 0.3) is 0 Å². The number of carbonyl (C=O) groups is 2. The van der Waals surface area contributed by atoms with Crippen LogP contribution in [0.1, 0.15) is 34.1 Å². The van der Waals surface area contributed by atoms with Gasteiger partial charge in [0.1, 0.15) is 6.04 Å². The van der Waals surface area contributed by atoms with Gasteiger partial charge < -0.3 is 15.1 Å². The molecule has 0 aliphatic carbocycles. The fourth-order valence-electron chi connectivity index (χ4n) is 3.29. The van der Waals surface area contributed by atoms with Crippen molar-refractivity contribution in [3.8, 4) is 0 Å². The van der Waals surface area contributed by atoms with E-state index in [-0.39, 0.29) is 29.7 Å². The number of furan rings is 1. The Balaban J connectivity index is 1.26. The molecule has 1 saturated heterocycles. The summed E-state index contributed by atoms with van der Waals surface area (Å²) in [6.45, 7) is 0.394. The predicted octanol–water partition coefficient (Wildman–Crippen LogP) is 3.41. The Labute approximate surface area is 178 Å². The number of hydrogen-bond donors (Lipinski definition) is 4. The van der Waals surface area contributed by atoms with Crippen LogP contribution < -0.4 is 21.5 Å². The number of nitrogens with one attached hydrogen (secondary N) is 4. The van der Waals surface area contributed by atoms with Crippen molar-refractivity contribution in [2.75, 3.05) is 5.32 Å². The van der Waals surface area contributed by atoms with Gasteiger partial charge in [0.05, 0.1) is 6.26 Å². The maximum atomic E-state index is 12.5. The summed E-state index contributed by atoms with van der Waals surface area (Å²) in [5, 5.41) is 6.37. The van der Waals surface area contributed by atoms with Gasteiger partial charge in [0.2, 0.25) is 5.91 Å². The van der Waals surface area contributed by atoms with E-state index < -0.39 is 0 Å². The average Bonchev–Trinajstić information content (AvgIpc) is 3.45. The Morgan fingerprint density at radius 2 is 1.90 bits per heavy atom. The average molecular weight is 425 g/mol. The summed E-state index contributed by atoms with van der Waals surface area (Å²) >= 11 is 6.05. The van der Waals surface area contributed by atoms with Crippen LogP contribution in [-0.2, 0) is 11.3 Å². The normalized spacial score (nSPS) is 18.2. The van der Waals surface area contributed by atoms with Gasteiger partial charge in [0.25, 0.3) is 5.91 Å². The lowest BCUT2D eigenvalue weighted by atomic mass is 10.0. The molecule has 1 aliphatic rings. The summed E-state index contributed by atoms with van der Waals surface area (Å²) in [6.07, 6.45) is 2.08. The van der Waals surface area contributed by atoms with Crippen LogP contribution in [0.2, 0.25) is 5.02 Å². The van der Waals surface area contributed by atoms with Crippen molar-refractivity contribution in [2.24, 2.45) is 0 Å². The zero-order valence-corrected chi connectivity index (χ0v) is 16.8. The Morgan fingerprint density at radius 1 is 1.07 bits per heavy atom. The summed E-state index contributed by atoms with van der Waals surface area (Å²) in [6, 6.07) is 17.8. The highest BCUT2D eigenvalue weighted by Gasteiger charge is 2.30. The molecule has 3 aromatic rings. The van der Waals surface area contributed by atoms with Gasteiger partial charge in [0.15, 0.2) is 5.76 Å². The summed E-state index contributed by atoms with van der Waals surface area (Å²) in [7, 11) is 0. The predicted molar refractivity (Wildman–Crippen MR) is 114 cm³/mol. The van der Waals surface area contributed by atoms with E-state index in [1.54, 1.807) is 24.3 Å². The molecule has 30 heavy (non-hydrogen) atoms. The van der Waals surface area contributed by atoms with Crippen molar-refractivity contribution in [3.05, 3.63) is 88.8 Å². The summed E-state index contributed by atoms with van der Waals surface area (Å²) < 4.78 is 5.07. The smallest absolute Gasteiger partial charge is 0.291 e. The maximum absolute atomic E-state index is 12.5. The number of rotatable bonds is 6. The summed E-state index contributed by atoms with van der Waals surface area (Å²) in [4.78, 5) is 24.5. The van der Waals surface area contributed by atoms with Gasteiger partial charge in [-0.2, -0.15) is 0 Å². The van der Waals surface area contributed by atoms with Crippen LogP contribution in [-0.4, -0.2) is 17.9 Å². The second kappa shape index (κ2) is 9.13. The van der Waals surface area contributed by atoms with E-state index in [0.717, 1.165) is 11.1 Å². The zero-order valence-electron chi connectivity index (χ0n) is 16.0. The van der Waals surface area contributed by atoms with Gasteiger partial charge in [-0.05, 0) is 53.9 Å². The molecule has 2 amide bonds. The lowest BCUT2D eigenvalue weighted by molar-refractivity contribution is -0.123. The van der Waals surface area contributed by atoms with Crippen LogP contribution in [0.4, 0.5) is 5.69 Å². The molecule has 2 heterocycles. The Morgan fingerprint density at radius 3 is 2.63 bits per heavy atom. The minimum Gasteiger partial charge on any atom is -0.459 e. The molecule has 0 radical (unpaired) electrons. The first-order chi connectivity index (χ1) is 14.6. The highest BCUT2D eigenvalue weighted by Crippen LogP contribution is 2.24. The van der Waals surface area contributed by atoms with Crippen LogP contribution >= 0.6 is 11.6 Å². The molecule has 7 nitrogen and oxygen atoms in total. The molecule has 0 saturated carbocycles. The molecule has 154 valence electrons. The van der Waals surface area contributed by atoms with Crippen molar-refractivity contribution >= 4 is 29.1 Å². The van der Waals surface area contributed by atoms with Crippen molar-refractivity contribution in [1.82, 2.24) is 16.2 Å². The van der Waals surface area contributed by atoms with Crippen LogP contribution in [0.15, 0.2) is 71.3 Å². The molecule has 1 fully saturated rings. The number of halogens is 1. The largest absolute Gasteiger partial charge is 0.459 e. The number of hydrogen-bond acceptors (Lipinski definition) is 5. The van der Waals surface area contributed by atoms with Crippen molar-refractivity contribution < 1.29 is 14.0 Å². The SMILES string of the molecule is O=C(Nc1ccc(CNC(=O)C2CC(c3cccc(Cl)c3)NN2)cc1)c1ccco1. The van der Waals surface area contributed by atoms with Gasteiger partial charge in [0, 0.05) is 23.3 Å². The quantitative estimate of drug-likeness (QED) is 0.486. The number of carbonyl (C=O) groups excluding carboxylic acids is 2. The number of benzene rings is 2. The molecule has 8 heteroatoms. The molecular formula is C22H21ClN4O3. The molecule has 0 bridgehead atoms. The van der Waals surface area contributed by atoms with E-state index in [1.165, 1.54) is 6.26 Å². The van der Waals surface area contributed by atoms with Crippen LogP contribution in [0.3, 0.4) is 0 Å². The molecule has 2 atom stereocenters. The van der Waals surface area contributed by atoms with Gasteiger partial charge in [-0.1, -0.05) is 35.9 Å². The van der Waals surface area contributed by atoms with Gasteiger partial charge in [-0.3, -0.25) is 9.59 Å². The third-order valence-corrected chi connectivity index (χ3v) is 5.13. The molecular weight excluding hydrogens is 404 g/mol. The maximum Gasteiger partial charge on any atom is 0.291 e. The second-order valence-electron chi connectivity index (χ2n) is 7.03. The molecule has 2 aromatic carbocycles. The van der Waals surface area contributed by atoms with Gasteiger partial charge in [-0.15, -0.1) is 0 Å². The standard InChI is InChI=1S/C22H21ClN4O3/c23-16-4-1-3-15(11-16)18-12-19(27-26-18)21(28)24-13-14-6-8-17(9-7-14)25-22(29)20-5-2-10-30-20/h1-11,18-19,26-27H,12-13H2,(H,24,28)(H,25,29). The molecule has 4 rings (SSSR count). The first kappa shape index (κ1) is 20.2. The molecule has 1 aliphatic heterocycles. The third-order valence-electron chi connectivity index (χ3n) is 4.89.